The number of hydrazone groups is 1. The molecule has 0 radical (unpaired) electrons. The van der Waals surface area contributed by atoms with Gasteiger partial charge in [0.1, 0.15) is 17.5 Å². The molecule has 1 saturated heterocycles. The third-order valence-electron chi connectivity index (χ3n) is 6.86. The number of anilines is 1. The van der Waals surface area contributed by atoms with Gasteiger partial charge in [-0.05, 0) is 63.6 Å². The fraction of sp³-hybridized carbons (Fsp3) is 0.625. The van der Waals surface area contributed by atoms with Gasteiger partial charge >= 0.3 is 6.09 Å². The summed E-state index contributed by atoms with van der Waals surface area (Å²) in [6.07, 6.45) is 2.60. The first-order chi connectivity index (χ1) is 14.5. The van der Waals surface area contributed by atoms with Crippen molar-refractivity contribution in [3.8, 4) is 0 Å². The van der Waals surface area contributed by atoms with Crippen LogP contribution in [0.5, 0.6) is 0 Å². The first-order valence-corrected chi connectivity index (χ1v) is 11.2. The van der Waals surface area contributed by atoms with Crippen LogP contribution >= 0.6 is 0 Å². The molecule has 0 bridgehead atoms. The van der Waals surface area contributed by atoms with Crippen LogP contribution in [0.25, 0.3) is 0 Å². The zero-order chi connectivity index (χ0) is 22.6. The van der Waals surface area contributed by atoms with Gasteiger partial charge in [-0.25, -0.2) is 10.2 Å². The van der Waals surface area contributed by atoms with E-state index in [2.05, 4.69) is 47.5 Å². The van der Waals surface area contributed by atoms with Crippen LogP contribution in [-0.2, 0) is 16.0 Å². The minimum absolute atomic E-state index is 0.0162. The summed E-state index contributed by atoms with van der Waals surface area (Å²) in [5.74, 6) is 1.12. The second kappa shape index (κ2) is 7.53. The largest absolute Gasteiger partial charge is 0.444 e. The van der Waals surface area contributed by atoms with Gasteiger partial charge < -0.3 is 14.5 Å². The smallest absolute Gasteiger partial charge is 0.410 e. The second-order valence-electron chi connectivity index (χ2n) is 10.5. The summed E-state index contributed by atoms with van der Waals surface area (Å²) in [4.78, 5) is 28.6. The molecule has 0 aliphatic carbocycles. The van der Waals surface area contributed by atoms with Crippen LogP contribution in [0.4, 0.5) is 10.5 Å². The number of hydrogen-bond donors (Lipinski definition) is 1. The molecule has 0 saturated carbocycles. The number of aryl methyl sites for hydroxylation is 1. The molecule has 0 spiro atoms. The molecule has 7 nitrogen and oxygen atoms in total. The van der Waals surface area contributed by atoms with Crippen molar-refractivity contribution in [1.82, 2.24) is 10.3 Å². The van der Waals surface area contributed by atoms with E-state index in [1.165, 1.54) is 11.1 Å². The van der Waals surface area contributed by atoms with Crippen molar-refractivity contribution >= 4 is 23.5 Å². The number of nitrogens with one attached hydrogen (secondary N) is 1. The zero-order valence-corrected chi connectivity index (χ0v) is 19.5. The van der Waals surface area contributed by atoms with Crippen LogP contribution < -0.4 is 10.3 Å². The van der Waals surface area contributed by atoms with Crippen molar-refractivity contribution in [2.24, 2.45) is 10.5 Å². The maximum atomic E-state index is 12.4. The quantitative estimate of drug-likeness (QED) is 0.775. The first-order valence-electron chi connectivity index (χ1n) is 11.2. The van der Waals surface area contributed by atoms with E-state index in [9.17, 15) is 9.59 Å². The maximum absolute atomic E-state index is 12.4. The Hall–Kier alpha value is -2.57. The summed E-state index contributed by atoms with van der Waals surface area (Å²) >= 11 is 0. The summed E-state index contributed by atoms with van der Waals surface area (Å²) < 4.78 is 5.52. The van der Waals surface area contributed by atoms with Crippen molar-refractivity contribution in [1.29, 1.82) is 0 Å². The molecule has 3 heterocycles. The van der Waals surface area contributed by atoms with E-state index in [1.807, 2.05) is 27.7 Å². The number of amidine groups is 1. The summed E-state index contributed by atoms with van der Waals surface area (Å²) in [5.41, 5.74) is 5.74. The van der Waals surface area contributed by atoms with Crippen molar-refractivity contribution in [3.63, 3.8) is 0 Å². The van der Waals surface area contributed by atoms with Gasteiger partial charge in [0.2, 0.25) is 0 Å². The van der Waals surface area contributed by atoms with Crippen molar-refractivity contribution < 1.29 is 14.3 Å². The van der Waals surface area contributed by atoms with Crippen LogP contribution in [0, 0.1) is 5.41 Å². The molecule has 1 aromatic rings. The lowest BCUT2D eigenvalue weighted by Gasteiger charge is -2.51. The standard InChI is InChI=1S/C24H34N4O3/c1-15(24(6)13-27(14-24)22(30)31-23(3,4)5)18-11-10-17-8-7-9-20-25-26-21(29)16(2)28(20)19(17)12-18/h10-12,15-16H,7-9,13-14H2,1-6H3,(H,26,29)/t15?,16-/m1/s1. The zero-order valence-electron chi connectivity index (χ0n) is 19.5. The molecule has 3 aliphatic heterocycles. The van der Waals surface area contributed by atoms with Gasteiger partial charge in [-0.1, -0.05) is 26.0 Å². The Bertz CT molecular complexity index is 927. The van der Waals surface area contributed by atoms with Crippen LogP contribution in [0.1, 0.15) is 71.4 Å². The lowest BCUT2D eigenvalue weighted by molar-refractivity contribution is -0.122. The number of fused-ring (bicyclic) bond motifs is 3. The van der Waals surface area contributed by atoms with E-state index in [0.29, 0.717) is 13.1 Å². The minimum atomic E-state index is -0.484. The van der Waals surface area contributed by atoms with E-state index in [4.69, 9.17) is 4.74 Å². The first kappa shape index (κ1) is 21.7. The highest BCUT2D eigenvalue weighted by atomic mass is 16.6. The lowest BCUT2D eigenvalue weighted by atomic mass is 9.69. The molecule has 1 unspecified atom stereocenters. The van der Waals surface area contributed by atoms with E-state index in [1.54, 1.807) is 4.90 Å². The van der Waals surface area contributed by atoms with E-state index < -0.39 is 5.60 Å². The Morgan fingerprint density at radius 3 is 2.68 bits per heavy atom. The predicted molar refractivity (Wildman–Crippen MR) is 121 cm³/mol. The molecular weight excluding hydrogens is 392 g/mol. The van der Waals surface area contributed by atoms with Crippen molar-refractivity contribution in [3.05, 3.63) is 29.3 Å². The van der Waals surface area contributed by atoms with Crippen LogP contribution in [-0.4, -0.2) is 47.5 Å². The molecule has 168 valence electrons. The monoisotopic (exact) mass is 426 g/mol. The molecule has 31 heavy (non-hydrogen) atoms. The lowest BCUT2D eigenvalue weighted by Crippen LogP contribution is -2.59. The molecule has 4 rings (SSSR count). The van der Waals surface area contributed by atoms with E-state index in [-0.39, 0.29) is 29.4 Å². The number of carbonyl (C=O) groups excluding carboxylic acids is 2. The molecule has 1 N–H and O–H groups in total. The number of rotatable bonds is 2. The molecule has 3 aliphatic rings. The van der Waals surface area contributed by atoms with Crippen LogP contribution in [0.2, 0.25) is 0 Å². The van der Waals surface area contributed by atoms with Gasteiger partial charge in [0.15, 0.2) is 0 Å². The Morgan fingerprint density at radius 2 is 2.00 bits per heavy atom. The number of likely N-dealkylation sites (tertiary alicyclic amines) is 1. The van der Waals surface area contributed by atoms with Gasteiger partial charge in [0.05, 0.1) is 0 Å². The van der Waals surface area contributed by atoms with Gasteiger partial charge in [-0.2, -0.15) is 5.10 Å². The molecule has 0 aromatic heterocycles. The number of amides is 2. The normalized spacial score (nSPS) is 23.5. The highest BCUT2D eigenvalue weighted by molar-refractivity contribution is 6.07. The molecule has 2 atom stereocenters. The number of ether oxygens (including phenoxy) is 1. The third kappa shape index (κ3) is 4.02. The summed E-state index contributed by atoms with van der Waals surface area (Å²) in [6.45, 7) is 13.4. The molecule has 1 aromatic carbocycles. The van der Waals surface area contributed by atoms with Gasteiger partial charge in [0, 0.05) is 30.6 Å². The maximum Gasteiger partial charge on any atom is 0.410 e. The molecule has 7 heteroatoms. The average Bonchev–Trinajstić information content (AvgIpc) is 2.85. The Morgan fingerprint density at radius 1 is 1.29 bits per heavy atom. The molecule has 1 fully saturated rings. The SMILES string of the molecule is CC(c1ccc2c(c1)N1C(=NNC(=O)[C@H]1C)CCC2)C1(C)CN(C(=O)OC(C)(C)C)C1. The van der Waals surface area contributed by atoms with Crippen LogP contribution in [0.15, 0.2) is 23.3 Å². The number of carbonyl (C=O) groups is 2. The number of benzene rings is 1. The minimum Gasteiger partial charge on any atom is -0.444 e. The molecule has 2 amide bonds. The van der Waals surface area contributed by atoms with E-state index >= 15 is 0 Å². The summed E-state index contributed by atoms with van der Waals surface area (Å²) in [5, 5.41) is 4.34. The fourth-order valence-corrected chi connectivity index (χ4v) is 4.81. The molecular formula is C24H34N4O3. The second-order valence-corrected chi connectivity index (χ2v) is 10.5. The third-order valence-corrected chi connectivity index (χ3v) is 6.86. The average molecular weight is 427 g/mol. The Balaban J connectivity index is 1.56. The van der Waals surface area contributed by atoms with Gasteiger partial charge in [-0.15, -0.1) is 0 Å². The number of nitrogens with zero attached hydrogens (tertiary/aromatic N) is 3. The summed E-state index contributed by atoms with van der Waals surface area (Å²) in [6, 6.07) is 6.37. The van der Waals surface area contributed by atoms with Crippen LogP contribution in [0.3, 0.4) is 0 Å². The van der Waals surface area contributed by atoms with Crippen molar-refractivity contribution in [2.75, 3.05) is 18.0 Å². The van der Waals surface area contributed by atoms with Gasteiger partial charge in [-0.3, -0.25) is 4.79 Å². The number of hydrogen-bond acceptors (Lipinski definition) is 5. The summed E-state index contributed by atoms with van der Waals surface area (Å²) in [7, 11) is 0. The highest BCUT2D eigenvalue weighted by Crippen LogP contribution is 2.45. The predicted octanol–water partition coefficient (Wildman–Crippen LogP) is 4.02. The Kier molecular flexibility index (Phi) is 5.26. The van der Waals surface area contributed by atoms with Gasteiger partial charge in [0.25, 0.3) is 5.91 Å². The fourth-order valence-electron chi connectivity index (χ4n) is 4.81. The van der Waals surface area contributed by atoms with Crippen molar-refractivity contribution in [2.45, 2.75) is 78.4 Å². The highest BCUT2D eigenvalue weighted by Gasteiger charge is 2.47. The Labute approximate surface area is 184 Å². The van der Waals surface area contributed by atoms with E-state index in [0.717, 1.165) is 30.8 Å². The topological polar surface area (TPSA) is 74.2 Å².